The van der Waals surface area contributed by atoms with Gasteiger partial charge in [-0.2, -0.15) is 10.2 Å². The molecule has 60 heavy (non-hydrogen) atoms. The Hall–Kier alpha value is -5.40. The lowest BCUT2D eigenvalue weighted by Gasteiger charge is -2.29. The van der Waals surface area contributed by atoms with E-state index in [0.29, 0.717) is 42.7 Å². The van der Waals surface area contributed by atoms with Crippen LogP contribution in [0.5, 0.6) is 0 Å². The predicted octanol–water partition coefficient (Wildman–Crippen LogP) is 6.56. The molecule has 4 aromatic heterocycles. The van der Waals surface area contributed by atoms with E-state index in [9.17, 15) is 19.2 Å². The monoisotopic (exact) mass is 816 g/mol. The van der Waals surface area contributed by atoms with Crippen molar-refractivity contribution in [2.45, 2.75) is 143 Å². The van der Waals surface area contributed by atoms with E-state index in [0.717, 1.165) is 116 Å². The number of pyridine rings is 2. The van der Waals surface area contributed by atoms with Gasteiger partial charge in [0.1, 0.15) is 11.6 Å². The molecule has 8 rings (SSSR count). The van der Waals surface area contributed by atoms with Gasteiger partial charge in [0.05, 0.1) is 12.4 Å². The third kappa shape index (κ3) is 9.47. The number of anilines is 2. The number of hydrogen-bond donors (Lipinski definition) is 4. The number of carbonyl (C=O) groups is 4. The Kier molecular flexibility index (Phi) is 12.4. The van der Waals surface area contributed by atoms with Crippen LogP contribution in [0.4, 0.5) is 11.6 Å². The lowest BCUT2D eigenvalue weighted by molar-refractivity contribution is -0.124. The van der Waals surface area contributed by atoms with Gasteiger partial charge in [0.15, 0.2) is 0 Å². The molecular weight excluding hydrogens is 757 g/mol. The van der Waals surface area contributed by atoms with Crippen molar-refractivity contribution >= 4 is 35.3 Å². The minimum absolute atomic E-state index is 0.00484. The number of fused-ring (bicyclic) bond motifs is 2. The molecule has 0 aromatic carbocycles. The maximum absolute atomic E-state index is 13.6. The van der Waals surface area contributed by atoms with Crippen molar-refractivity contribution in [2.75, 3.05) is 10.6 Å². The van der Waals surface area contributed by atoms with Gasteiger partial charge < -0.3 is 21.3 Å². The van der Waals surface area contributed by atoms with Gasteiger partial charge in [0.25, 0.3) is 0 Å². The van der Waals surface area contributed by atoms with Crippen molar-refractivity contribution in [1.29, 1.82) is 0 Å². The zero-order chi connectivity index (χ0) is 41.9. The van der Waals surface area contributed by atoms with Crippen molar-refractivity contribution in [3.05, 3.63) is 59.4 Å². The number of nitrogens with one attached hydrogen (secondary N) is 4. The SMILES string of the molecule is CC(=O)N[C@@H]1CCC[C@H](C(=O)Nc2cc(-c3cnn4c3CCC(C)C4)c(CCC(=O)N[C@@H]3CCC[C@H](C(=O)Nc4cc(-c5cnn6c5CCC(C)C6)c(C)cn4)C3)cn2)C1. The Balaban J connectivity index is 0.903. The van der Waals surface area contributed by atoms with E-state index in [1.165, 1.54) is 12.6 Å². The van der Waals surface area contributed by atoms with Crippen LogP contribution in [0.1, 0.15) is 114 Å². The van der Waals surface area contributed by atoms with Gasteiger partial charge in [-0.15, -0.1) is 0 Å². The summed E-state index contributed by atoms with van der Waals surface area (Å²) in [5, 5.41) is 21.8. The van der Waals surface area contributed by atoms with Gasteiger partial charge in [-0.1, -0.05) is 26.7 Å². The number of aromatic nitrogens is 6. The van der Waals surface area contributed by atoms with Crippen LogP contribution < -0.4 is 21.3 Å². The summed E-state index contributed by atoms with van der Waals surface area (Å²) in [6, 6.07) is 3.79. The maximum atomic E-state index is 13.6. The summed E-state index contributed by atoms with van der Waals surface area (Å²) in [5.74, 6) is 1.39. The molecule has 2 saturated carbocycles. The molecule has 318 valence electrons. The molecule has 4 aromatic rings. The number of aryl methyl sites for hydroxylation is 2. The first-order valence-corrected chi connectivity index (χ1v) is 22.2. The van der Waals surface area contributed by atoms with E-state index >= 15 is 0 Å². The van der Waals surface area contributed by atoms with Gasteiger partial charge in [-0.05, 0) is 124 Å². The summed E-state index contributed by atoms with van der Waals surface area (Å²) >= 11 is 0. The molecule has 14 nitrogen and oxygen atoms in total. The molecule has 6 atom stereocenters. The Morgan fingerprint density at radius 3 is 1.78 bits per heavy atom. The zero-order valence-corrected chi connectivity index (χ0v) is 35.6. The minimum atomic E-state index is -0.235. The van der Waals surface area contributed by atoms with Crippen LogP contribution in [-0.4, -0.2) is 65.2 Å². The summed E-state index contributed by atoms with van der Waals surface area (Å²) in [6.45, 7) is 9.83. The Morgan fingerprint density at radius 2 is 1.20 bits per heavy atom. The highest BCUT2D eigenvalue weighted by Crippen LogP contribution is 2.36. The number of rotatable bonds is 11. The maximum Gasteiger partial charge on any atom is 0.228 e. The van der Waals surface area contributed by atoms with E-state index < -0.39 is 0 Å². The fourth-order valence-corrected chi connectivity index (χ4v) is 9.95. The standard InChI is InChI=1S/C46H60N10O4/c1-27-11-14-40-38(23-49-55(40)25-27)36-19-42(47-21-29(36)3)53-46(60)32-8-6-10-35(18-32)52-44(58)16-13-33-22-48-43(54-45(59)31-7-5-9-34(17-31)51-30(4)57)20-37(33)39-24-50-56-26-28(2)12-15-41(39)56/h19-24,27-28,31-32,34-35H,5-18,25-26H2,1-4H3,(H,51,57)(H,52,58)(H,47,53,60)(H,48,54,59)/t27?,28?,31-,32-,34+,35+/m0/s1. The van der Waals surface area contributed by atoms with Crippen LogP contribution in [0, 0.1) is 30.6 Å². The molecule has 4 aliphatic rings. The van der Waals surface area contributed by atoms with Gasteiger partial charge >= 0.3 is 0 Å². The molecule has 2 aliphatic heterocycles. The largest absolute Gasteiger partial charge is 0.354 e. The van der Waals surface area contributed by atoms with Gasteiger partial charge in [0, 0.05) is 85.3 Å². The average Bonchev–Trinajstić information content (AvgIpc) is 3.84. The summed E-state index contributed by atoms with van der Waals surface area (Å²) in [4.78, 5) is 61.6. The van der Waals surface area contributed by atoms with Gasteiger partial charge in [-0.25, -0.2) is 9.97 Å². The first-order chi connectivity index (χ1) is 29.0. The fourth-order valence-electron chi connectivity index (χ4n) is 9.95. The molecule has 0 saturated heterocycles. The lowest BCUT2D eigenvalue weighted by Crippen LogP contribution is -2.41. The highest BCUT2D eigenvalue weighted by molar-refractivity contribution is 5.93. The van der Waals surface area contributed by atoms with E-state index in [4.69, 9.17) is 5.10 Å². The molecule has 2 fully saturated rings. The number of hydrogen-bond acceptors (Lipinski definition) is 8. The highest BCUT2D eigenvalue weighted by atomic mass is 16.2. The molecule has 6 heterocycles. The molecule has 4 N–H and O–H groups in total. The summed E-state index contributed by atoms with van der Waals surface area (Å²) in [6.07, 6.45) is 18.4. The molecule has 0 spiro atoms. The Labute approximate surface area is 352 Å². The van der Waals surface area contributed by atoms with Crippen LogP contribution in [0.3, 0.4) is 0 Å². The second-order valence-electron chi connectivity index (χ2n) is 18.1. The van der Waals surface area contributed by atoms with Crippen LogP contribution in [0.15, 0.2) is 36.9 Å². The molecule has 0 bridgehead atoms. The first-order valence-electron chi connectivity index (χ1n) is 22.2. The number of nitrogens with zero attached hydrogens (tertiary/aromatic N) is 6. The molecule has 2 aliphatic carbocycles. The van der Waals surface area contributed by atoms with Crippen LogP contribution in [0.25, 0.3) is 22.3 Å². The quantitative estimate of drug-likeness (QED) is 0.132. The van der Waals surface area contributed by atoms with Crippen LogP contribution in [0.2, 0.25) is 0 Å². The fraction of sp³-hybridized carbons (Fsp3) is 0.565. The van der Waals surface area contributed by atoms with E-state index in [1.54, 1.807) is 6.20 Å². The number of carbonyl (C=O) groups excluding carboxylic acids is 4. The van der Waals surface area contributed by atoms with Crippen molar-refractivity contribution in [3.63, 3.8) is 0 Å². The second-order valence-corrected chi connectivity index (χ2v) is 18.1. The van der Waals surface area contributed by atoms with Crippen LogP contribution in [-0.2, 0) is 51.5 Å². The molecule has 4 amide bonds. The minimum Gasteiger partial charge on any atom is -0.354 e. The van der Waals surface area contributed by atoms with Crippen molar-refractivity contribution < 1.29 is 19.2 Å². The van der Waals surface area contributed by atoms with Crippen molar-refractivity contribution in [3.8, 4) is 22.3 Å². The summed E-state index contributed by atoms with van der Waals surface area (Å²) in [5.41, 5.74) is 8.44. The first kappa shape index (κ1) is 41.3. The van der Waals surface area contributed by atoms with E-state index in [-0.39, 0.29) is 54.0 Å². The molecule has 14 heteroatoms. The third-order valence-corrected chi connectivity index (χ3v) is 13.3. The zero-order valence-electron chi connectivity index (χ0n) is 35.6. The average molecular weight is 817 g/mol. The number of amides is 4. The Bertz CT molecular complexity index is 2240. The molecule has 2 unspecified atom stereocenters. The second kappa shape index (κ2) is 18.1. The summed E-state index contributed by atoms with van der Waals surface area (Å²) < 4.78 is 4.20. The molecule has 0 radical (unpaired) electrons. The lowest BCUT2D eigenvalue weighted by atomic mass is 9.85. The normalized spacial score (nSPS) is 23.8. The van der Waals surface area contributed by atoms with Crippen LogP contribution >= 0.6 is 0 Å². The van der Waals surface area contributed by atoms with Gasteiger partial charge in [-0.3, -0.25) is 28.5 Å². The van der Waals surface area contributed by atoms with Crippen molar-refractivity contribution in [2.24, 2.45) is 23.7 Å². The third-order valence-electron chi connectivity index (χ3n) is 13.3. The smallest absolute Gasteiger partial charge is 0.228 e. The Morgan fingerprint density at radius 1 is 0.667 bits per heavy atom. The van der Waals surface area contributed by atoms with Gasteiger partial charge in [0.2, 0.25) is 23.6 Å². The highest BCUT2D eigenvalue weighted by Gasteiger charge is 2.31. The van der Waals surface area contributed by atoms with Crippen molar-refractivity contribution in [1.82, 2.24) is 40.2 Å². The summed E-state index contributed by atoms with van der Waals surface area (Å²) in [7, 11) is 0. The molecular formula is C46H60N10O4. The van der Waals surface area contributed by atoms with E-state index in [2.05, 4.69) is 59.5 Å². The topological polar surface area (TPSA) is 178 Å². The van der Waals surface area contributed by atoms with E-state index in [1.807, 2.05) is 37.6 Å². The predicted molar refractivity (Wildman–Crippen MR) is 230 cm³/mol.